The summed E-state index contributed by atoms with van der Waals surface area (Å²) in [7, 11) is 3.24. The quantitative estimate of drug-likeness (QED) is 0.311. The number of oxazole rings is 1. The summed E-state index contributed by atoms with van der Waals surface area (Å²) in [4.78, 5) is 19.3. The normalized spacial score (nSPS) is 12.0. The molecule has 1 aromatic heterocycles. The molecule has 0 bridgehead atoms. The molecule has 0 saturated heterocycles. The van der Waals surface area contributed by atoms with Gasteiger partial charge in [0.05, 0.1) is 20.8 Å². The summed E-state index contributed by atoms with van der Waals surface area (Å²) in [5, 5.41) is 2.88. The van der Waals surface area contributed by atoms with E-state index in [-0.39, 0.29) is 18.4 Å². The number of nitrogens with zero attached hydrogens (tertiary/aromatic N) is 2. The van der Waals surface area contributed by atoms with Crippen LogP contribution in [-0.2, 0) is 26.2 Å². The lowest BCUT2D eigenvalue weighted by molar-refractivity contribution is 0.0945. The predicted molar refractivity (Wildman–Crippen MR) is 139 cm³/mol. The highest BCUT2D eigenvalue weighted by Crippen LogP contribution is 2.34. The van der Waals surface area contributed by atoms with Crippen LogP contribution < -0.4 is 24.3 Å². The lowest BCUT2D eigenvalue weighted by Crippen LogP contribution is -2.24. The molecule has 1 amide bonds. The summed E-state index contributed by atoms with van der Waals surface area (Å²) in [5.74, 6) is 2.90. The third kappa shape index (κ3) is 5.90. The number of carbonyl (C=O) groups excluding carboxylic acids is 1. The topological polar surface area (TPSA) is 95.3 Å². The first-order valence-electron chi connectivity index (χ1n) is 12.2. The van der Waals surface area contributed by atoms with Gasteiger partial charge in [0.1, 0.15) is 6.26 Å². The molecule has 0 aliphatic carbocycles. The van der Waals surface area contributed by atoms with E-state index < -0.39 is 0 Å². The second-order valence-electron chi connectivity index (χ2n) is 8.78. The highest BCUT2D eigenvalue weighted by atomic mass is 16.7. The van der Waals surface area contributed by atoms with E-state index in [9.17, 15) is 4.79 Å². The lowest BCUT2D eigenvalue weighted by Gasteiger charge is -2.23. The minimum atomic E-state index is -0.291. The number of ether oxygens (including phenoxy) is 4. The fourth-order valence-electron chi connectivity index (χ4n) is 4.33. The molecular weight excluding hydrogens is 486 g/mol. The van der Waals surface area contributed by atoms with Crippen molar-refractivity contribution in [1.82, 2.24) is 15.2 Å². The zero-order valence-electron chi connectivity index (χ0n) is 21.3. The van der Waals surface area contributed by atoms with Gasteiger partial charge in [-0.1, -0.05) is 48.5 Å². The van der Waals surface area contributed by atoms with Gasteiger partial charge in [-0.15, -0.1) is 0 Å². The molecule has 2 heterocycles. The Bertz CT molecular complexity index is 1390. The fourth-order valence-corrected chi connectivity index (χ4v) is 4.33. The molecule has 1 aliphatic heterocycles. The summed E-state index contributed by atoms with van der Waals surface area (Å²) < 4.78 is 27.8. The van der Waals surface area contributed by atoms with Crippen LogP contribution in [0.1, 0.15) is 33.1 Å². The number of amides is 1. The van der Waals surface area contributed by atoms with Crippen molar-refractivity contribution >= 4 is 5.91 Å². The van der Waals surface area contributed by atoms with Crippen LogP contribution in [-0.4, -0.2) is 36.8 Å². The second kappa shape index (κ2) is 11.7. The Morgan fingerprint density at radius 1 is 0.921 bits per heavy atom. The molecule has 9 nitrogen and oxygen atoms in total. The average Bonchev–Trinajstić information content (AvgIpc) is 3.61. The number of para-hydroxylation sites is 1. The average molecular weight is 516 g/mol. The molecule has 38 heavy (non-hydrogen) atoms. The first-order chi connectivity index (χ1) is 18.6. The minimum Gasteiger partial charge on any atom is -0.493 e. The number of hydrogen-bond acceptors (Lipinski definition) is 8. The number of carbonyl (C=O) groups is 1. The standard InChI is InChI=1S/C29H29N3O6/c1-34-25-10-6-9-22(28(25)35-2)16-32(15-21-11-12-24-26(13-21)38-19-37-24)17-27-31-23(18-36-27)29(33)30-14-20-7-4-3-5-8-20/h3-13,18H,14-17,19H2,1-2H3,(H,30,33). The molecule has 0 atom stereocenters. The maximum Gasteiger partial charge on any atom is 0.273 e. The van der Waals surface area contributed by atoms with Crippen LogP contribution in [0.15, 0.2) is 77.4 Å². The van der Waals surface area contributed by atoms with Gasteiger partial charge in [-0.2, -0.15) is 0 Å². The maximum atomic E-state index is 12.7. The largest absolute Gasteiger partial charge is 0.493 e. The molecule has 5 rings (SSSR count). The molecule has 3 aromatic carbocycles. The number of methoxy groups -OCH3 is 2. The first-order valence-corrected chi connectivity index (χ1v) is 12.2. The van der Waals surface area contributed by atoms with Crippen LogP contribution in [0.5, 0.6) is 23.0 Å². The van der Waals surface area contributed by atoms with Crippen LogP contribution >= 0.6 is 0 Å². The Hall–Kier alpha value is -4.50. The number of rotatable bonds is 11. The summed E-state index contributed by atoms with van der Waals surface area (Å²) >= 11 is 0. The van der Waals surface area contributed by atoms with Crippen molar-refractivity contribution in [2.45, 2.75) is 26.2 Å². The molecule has 0 saturated carbocycles. The summed E-state index contributed by atoms with van der Waals surface area (Å²) in [6.07, 6.45) is 1.39. The lowest BCUT2D eigenvalue weighted by atomic mass is 10.1. The molecular formula is C29H29N3O6. The van der Waals surface area contributed by atoms with E-state index >= 15 is 0 Å². The molecule has 0 spiro atoms. The SMILES string of the molecule is COc1cccc(CN(Cc2ccc3c(c2)OCO3)Cc2nc(C(=O)NCc3ccccc3)co2)c1OC. The Morgan fingerprint density at radius 3 is 2.58 bits per heavy atom. The van der Waals surface area contributed by atoms with Gasteiger partial charge in [-0.05, 0) is 29.3 Å². The van der Waals surface area contributed by atoms with Gasteiger partial charge in [0, 0.05) is 25.2 Å². The van der Waals surface area contributed by atoms with Gasteiger partial charge in [-0.3, -0.25) is 9.69 Å². The van der Waals surface area contributed by atoms with Gasteiger partial charge in [0.15, 0.2) is 28.7 Å². The van der Waals surface area contributed by atoms with Crippen molar-refractivity contribution in [2.75, 3.05) is 21.0 Å². The summed E-state index contributed by atoms with van der Waals surface area (Å²) in [6, 6.07) is 21.4. The van der Waals surface area contributed by atoms with Crippen LogP contribution in [0.2, 0.25) is 0 Å². The van der Waals surface area contributed by atoms with Gasteiger partial charge in [0.25, 0.3) is 5.91 Å². The van der Waals surface area contributed by atoms with E-state index in [1.807, 2.05) is 66.7 Å². The number of fused-ring (bicyclic) bond motifs is 1. The number of benzene rings is 3. The van der Waals surface area contributed by atoms with Crippen molar-refractivity contribution in [2.24, 2.45) is 0 Å². The van der Waals surface area contributed by atoms with E-state index in [1.165, 1.54) is 6.26 Å². The van der Waals surface area contributed by atoms with Crippen LogP contribution in [0, 0.1) is 0 Å². The van der Waals surface area contributed by atoms with E-state index in [4.69, 9.17) is 23.4 Å². The number of hydrogen-bond donors (Lipinski definition) is 1. The minimum absolute atomic E-state index is 0.217. The third-order valence-electron chi connectivity index (χ3n) is 6.16. The molecule has 0 fully saturated rings. The predicted octanol–water partition coefficient (Wildman–Crippen LogP) is 4.55. The van der Waals surface area contributed by atoms with Crippen LogP contribution in [0.25, 0.3) is 0 Å². The van der Waals surface area contributed by atoms with Crippen molar-refractivity contribution in [3.63, 3.8) is 0 Å². The molecule has 196 valence electrons. The number of nitrogens with one attached hydrogen (secondary N) is 1. The van der Waals surface area contributed by atoms with E-state index in [2.05, 4.69) is 15.2 Å². The maximum absolute atomic E-state index is 12.7. The highest BCUT2D eigenvalue weighted by molar-refractivity contribution is 5.91. The van der Waals surface area contributed by atoms with Crippen LogP contribution in [0.4, 0.5) is 0 Å². The first kappa shape index (κ1) is 25.2. The number of aromatic nitrogens is 1. The Balaban J connectivity index is 1.33. The van der Waals surface area contributed by atoms with E-state index in [0.717, 1.165) is 28.2 Å². The van der Waals surface area contributed by atoms with Crippen molar-refractivity contribution in [1.29, 1.82) is 0 Å². The molecule has 9 heteroatoms. The van der Waals surface area contributed by atoms with Gasteiger partial charge >= 0.3 is 0 Å². The highest BCUT2D eigenvalue weighted by Gasteiger charge is 2.20. The van der Waals surface area contributed by atoms with E-state index in [1.54, 1.807) is 14.2 Å². The van der Waals surface area contributed by atoms with Crippen LogP contribution in [0.3, 0.4) is 0 Å². The zero-order valence-corrected chi connectivity index (χ0v) is 21.3. The fraction of sp³-hybridized carbons (Fsp3) is 0.241. The van der Waals surface area contributed by atoms with Crippen molar-refractivity contribution < 1.29 is 28.2 Å². The Kier molecular flexibility index (Phi) is 7.75. The van der Waals surface area contributed by atoms with Gasteiger partial charge < -0.3 is 28.7 Å². The van der Waals surface area contributed by atoms with Crippen molar-refractivity contribution in [3.8, 4) is 23.0 Å². The molecule has 0 unspecified atom stereocenters. The molecule has 1 aliphatic rings. The molecule has 4 aromatic rings. The van der Waals surface area contributed by atoms with Gasteiger partial charge in [-0.25, -0.2) is 4.98 Å². The monoisotopic (exact) mass is 515 g/mol. The Labute approximate surface area is 220 Å². The third-order valence-corrected chi connectivity index (χ3v) is 6.16. The smallest absolute Gasteiger partial charge is 0.273 e. The summed E-state index contributed by atoms with van der Waals surface area (Å²) in [6.45, 7) is 2.07. The molecule has 0 radical (unpaired) electrons. The zero-order chi connectivity index (χ0) is 26.3. The second-order valence-corrected chi connectivity index (χ2v) is 8.78. The summed E-state index contributed by atoms with van der Waals surface area (Å²) in [5.41, 5.74) is 3.22. The Morgan fingerprint density at radius 2 is 1.76 bits per heavy atom. The van der Waals surface area contributed by atoms with Gasteiger partial charge in [0.2, 0.25) is 12.7 Å². The van der Waals surface area contributed by atoms with Crippen molar-refractivity contribution in [3.05, 3.63) is 101 Å². The van der Waals surface area contributed by atoms with E-state index in [0.29, 0.717) is 43.6 Å². The molecule has 1 N–H and O–H groups in total.